The van der Waals surface area contributed by atoms with Gasteiger partial charge in [-0.05, 0) is 17.8 Å². The van der Waals surface area contributed by atoms with Crippen LogP contribution in [0.3, 0.4) is 0 Å². The largest absolute Gasteiger partial charge is 0.355 e. The van der Waals surface area contributed by atoms with Crippen molar-refractivity contribution in [2.75, 3.05) is 6.54 Å². The molecule has 1 aliphatic carbocycles. The molecule has 0 radical (unpaired) electrons. The molecule has 1 aliphatic rings. The molecule has 114 valence electrons. The van der Waals surface area contributed by atoms with Crippen molar-refractivity contribution in [3.8, 4) is 12.1 Å². The first-order chi connectivity index (χ1) is 9.81. The summed E-state index contributed by atoms with van der Waals surface area (Å²) in [4.78, 5) is 23.1. The molecular formula is C15H22N4O2. The zero-order valence-corrected chi connectivity index (χ0v) is 12.8. The van der Waals surface area contributed by atoms with E-state index in [0.29, 0.717) is 6.54 Å². The molecule has 0 spiro atoms. The van der Waals surface area contributed by atoms with E-state index in [-0.39, 0.29) is 47.9 Å². The number of rotatable bonds is 5. The Morgan fingerprint density at radius 3 is 2.33 bits per heavy atom. The summed E-state index contributed by atoms with van der Waals surface area (Å²) >= 11 is 0. The third-order valence-electron chi connectivity index (χ3n) is 4.22. The lowest BCUT2D eigenvalue weighted by molar-refractivity contribution is -0.121. The number of carbonyl (C=O) groups excluding carboxylic acids is 2. The second-order valence-corrected chi connectivity index (χ2v) is 6.34. The molecule has 0 aromatic heterocycles. The fraction of sp³-hybridized carbons (Fsp3) is 0.733. The van der Waals surface area contributed by atoms with Crippen LogP contribution < -0.4 is 10.6 Å². The van der Waals surface area contributed by atoms with E-state index in [2.05, 4.69) is 31.4 Å². The Morgan fingerprint density at radius 1 is 1.19 bits per heavy atom. The van der Waals surface area contributed by atoms with E-state index in [1.54, 1.807) is 0 Å². The van der Waals surface area contributed by atoms with E-state index in [9.17, 15) is 9.59 Å². The molecule has 1 saturated carbocycles. The van der Waals surface area contributed by atoms with Crippen molar-refractivity contribution in [1.29, 1.82) is 10.5 Å². The van der Waals surface area contributed by atoms with Crippen molar-refractivity contribution in [2.24, 2.45) is 17.3 Å². The number of nitriles is 2. The van der Waals surface area contributed by atoms with Gasteiger partial charge in [-0.1, -0.05) is 20.8 Å². The molecule has 2 amide bonds. The highest BCUT2D eigenvalue weighted by molar-refractivity contribution is 5.79. The van der Waals surface area contributed by atoms with Crippen LogP contribution >= 0.6 is 0 Å². The Bertz CT molecular complexity index is 487. The Hall–Kier alpha value is -2.08. The first kappa shape index (κ1) is 17.0. The highest BCUT2D eigenvalue weighted by Gasteiger charge is 2.46. The van der Waals surface area contributed by atoms with Crippen molar-refractivity contribution in [1.82, 2.24) is 10.6 Å². The molecule has 6 heteroatoms. The summed E-state index contributed by atoms with van der Waals surface area (Å²) in [7, 11) is 0. The number of nitrogens with one attached hydrogen (secondary N) is 2. The van der Waals surface area contributed by atoms with Gasteiger partial charge >= 0.3 is 0 Å². The highest BCUT2D eigenvalue weighted by Crippen LogP contribution is 2.45. The van der Waals surface area contributed by atoms with Gasteiger partial charge in [-0.25, -0.2) is 0 Å². The van der Waals surface area contributed by atoms with Crippen molar-refractivity contribution < 1.29 is 9.59 Å². The van der Waals surface area contributed by atoms with Gasteiger partial charge < -0.3 is 10.6 Å². The quantitative estimate of drug-likeness (QED) is 0.790. The van der Waals surface area contributed by atoms with Gasteiger partial charge in [0.25, 0.3) is 0 Å². The molecule has 0 aliphatic heterocycles. The highest BCUT2D eigenvalue weighted by atomic mass is 16.2. The number of hydrogen-bond donors (Lipinski definition) is 2. The summed E-state index contributed by atoms with van der Waals surface area (Å²) in [5.74, 6) is -0.214. The smallest absolute Gasteiger partial charge is 0.234 e. The van der Waals surface area contributed by atoms with Crippen LogP contribution in [0.25, 0.3) is 0 Å². The summed E-state index contributed by atoms with van der Waals surface area (Å²) < 4.78 is 0. The molecule has 0 saturated heterocycles. The first-order valence-corrected chi connectivity index (χ1v) is 7.11. The molecule has 6 nitrogen and oxygen atoms in total. The third-order valence-corrected chi connectivity index (χ3v) is 4.22. The zero-order valence-electron chi connectivity index (χ0n) is 12.8. The fourth-order valence-corrected chi connectivity index (χ4v) is 3.30. The van der Waals surface area contributed by atoms with Crippen LogP contribution in [0.1, 0.15) is 40.0 Å². The molecule has 0 unspecified atom stereocenters. The van der Waals surface area contributed by atoms with Crippen LogP contribution in [0.15, 0.2) is 0 Å². The zero-order chi connectivity index (χ0) is 16.0. The van der Waals surface area contributed by atoms with Gasteiger partial charge in [0.2, 0.25) is 11.8 Å². The summed E-state index contributed by atoms with van der Waals surface area (Å²) in [5, 5.41) is 22.8. The third kappa shape index (κ3) is 4.46. The van der Waals surface area contributed by atoms with Gasteiger partial charge in [0, 0.05) is 18.5 Å². The number of hydrogen-bond acceptors (Lipinski definition) is 4. The van der Waals surface area contributed by atoms with Crippen LogP contribution in [-0.2, 0) is 9.59 Å². The molecule has 21 heavy (non-hydrogen) atoms. The second kappa shape index (κ2) is 7.08. The minimum absolute atomic E-state index is 0.0239. The van der Waals surface area contributed by atoms with Crippen LogP contribution in [0.2, 0.25) is 0 Å². The van der Waals surface area contributed by atoms with Gasteiger partial charge in [-0.3, -0.25) is 9.59 Å². The maximum Gasteiger partial charge on any atom is 0.234 e. The van der Waals surface area contributed by atoms with Gasteiger partial charge in [0.05, 0.1) is 12.1 Å². The maximum atomic E-state index is 11.7. The van der Waals surface area contributed by atoms with Gasteiger partial charge in [-0.2, -0.15) is 10.5 Å². The predicted octanol–water partition coefficient (Wildman–Crippen LogP) is 1.10. The van der Waals surface area contributed by atoms with E-state index >= 15 is 0 Å². The summed E-state index contributed by atoms with van der Waals surface area (Å²) in [6.07, 6.45) is 0.620. The molecule has 0 heterocycles. The maximum absolute atomic E-state index is 11.7. The SMILES string of the molecule is C[C@@H]1CC(C)(C)[C@H](CNC(=O)CC#N)[C@@H]1NC(=O)CC#N. The first-order valence-electron chi connectivity index (χ1n) is 7.11. The van der Waals surface area contributed by atoms with Crippen LogP contribution in [0.5, 0.6) is 0 Å². The Kier molecular flexibility index (Phi) is 5.72. The van der Waals surface area contributed by atoms with E-state index in [1.807, 2.05) is 12.1 Å². The van der Waals surface area contributed by atoms with E-state index in [1.165, 1.54) is 0 Å². The summed E-state index contributed by atoms with van der Waals surface area (Å²) in [6, 6.07) is 3.59. The number of nitrogens with zero attached hydrogens (tertiary/aromatic N) is 2. The molecule has 0 bridgehead atoms. The lowest BCUT2D eigenvalue weighted by atomic mass is 9.80. The molecule has 2 N–H and O–H groups in total. The van der Waals surface area contributed by atoms with E-state index in [0.717, 1.165) is 6.42 Å². The Labute approximate surface area is 125 Å². The van der Waals surface area contributed by atoms with Gasteiger partial charge in [0.15, 0.2) is 0 Å². The van der Waals surface area contributed by atoms with Crippen LogP contribution in [-0.4, -0.2) is 24.4 Å². The van der Waals surface area contributed by atoms with Crippen molar-refractivity contribution in [2.45, 2.75) is 46.1 Å². The van der Waals surface area contributed by atoms with Crippen molar-refractivity contribution in [3.63, 3.8) is 0 Å². The Morgan fingerprint density at radius 2 is 1.76 bits per heavy atom. The predicted molar refractivity (Wildman–Crippen MR) is 76.5 cm³/mol. The van der Waals surface area contributed by atoms with Gasteiger partial charge in [-0.15, -0.1) is 0 Å². The van der Waals surface area contributed by atoms with E-state index < -0.39 is 0 Å². The number of carbonyl (C=O) groups is 2. The lowest BCUT2D eigenvalue weighted by Crippen LogP contribution is -2.47. The standard InChI is InChI=1S/C15H22N4O2/c1-10-8-15(2,3)11(9-18-12(20)4-6-16)14(10)19-13(21)5-7-17/h10-11,14H,4-5,8-9H2,1-3H3,(H,18,20)(H,19,21)/t10-,11-,14-/m1/s1. The van der Waals surface area contributed by atoms with Crippen molar-refractivity contribution in [3.05, 3.63) is 0 Å². The minimum atomic E-state index is -0.296. The molecule has 3 atom stereocenters. The fourth-order valence-electron chi connectivity index (χ4n) is 3.30. The average Bonchev–Trinajstić information content (AvgIpc) is 2.57. The average molecular weight is 290 g/mol. The van der Waals surface area contributed by atoms with Crippen molar-refractivity contribution >= 4 is 11.8 Å². The number of amides is 2. The molecule has 0 aromatic carbocycles. The summed E-state index contributed by atoms with van der Waals surface area (Å²) in [6.45, 7) is 6.72. The van der Waals surface area contributed by atoms with Crippen LogP contribution in [0, 0.1) is 39.9 Å². The summed E-state index contributed by atoms with van der Waals surface area (Å²) in [5.41, 5.74) is -0.0239. The molecule has 1 rings (SSSR count). The monoisotopic (exact) mass is 290 g/mol. The van der Waals surface area contributed by atoms with Gasteiger partial charge in [0.1, 0.15) is 12.8 Å². The molecular weight excluding hydrogens is 268 g/mol. The normalized spacial score (nSPS) is 26.4. The molecule has 0 aromatic rings. The Balaban J connectivity index is 2.74. The topological polar surface area (TPSA) is 106 Å². The molecule has 1 fully saturated rings. The van der Waals surface area contributed by atoms with E-state index in [4.69, 9.17) is 10.5 Å². The minimum Gasteiger partial charge on any atom is -0.355 e. The van der Waals surface area contributed by atoms with Crippen LogP contribution in [0.4, 0.5) is 0 Å². The lowest BCUT2D eigenvalue weighted by Gasteiger charge is -2.31. The second-order valence-electron chi connectivity index (χ2n) is 6.34.